The fourth-order valence-electron chi connectivity index (χ4n) is 0.388. The molecular formula is C7H16NP. The molecule has 0 aromatic heterocycles. The number of rotatable bonds is 2. The Morgan fingerprint density at radius 2 is 2.00 bits per heavy atom. The van der Waals surface area contributed by atoms with Crippen molar-refractivity contribution in [2.45, 2.75) is 20.8 Å². The van der Waals surface area contributed by atoms with Gasteiger partial charge in [-0.05, 0) is 0 Å². The first kappa shape index (κ1) is 8.97. The molecule has 54 valence electrons. The summed E-state index contributed by atoms with van der Waals surface area (Å²) >= 11 is 0. The van der Waals surface area contributed by atoms with Crippen molar-refractivity contribution in [3.63, 3.8) is 0 Å². The summed E-state index contributed by atoms with van der Waals surface area (Å²) in [7, 11) is 2.61. The van der Waals surface area contributed by atoms with Crippen molar-refractivity contribution >= 4 is 9.24 Å². The lowest BCUT2D eigenvalue weighted by molar-refractivity contribution is 0.473. The first-order chi connectivity index (χ1) is 3.98. The molecule has 1 unspecified atom stereocenters. The molecule has 0 amide bonds. The molecule has 0 heterocycles. The highest BCUT2D eigenvalue weighted by molar-refractivity contribution is 7.16. The Bertz CT molecular complexity index is 102. The molecule has 1 nitrogen and oxygen atoms in total. The van der Waals surface area contributed by atoms with Crippen LogP contribution in [-0.2, 0) is 0 Å². The molecule has 9 heavy (non-hydrogen) atoms. The van der Waals surface area contributed by atoms with E-state index in [1.807, 2.05) is 0 Å². The van der Waals surface area contributed by atoms with Crippen molar-refractivity contribution in [1.82, 2.24) is 5.32 Å². The lowest BCUT2D eigenvalue weighted by atomic mass is 9.93. The van der Waals surface area contributed by atoms with E-state index in [1.165, 1.54) is 0 Å². The molecule has 1 N–H and O–H groups in total. The van der Waals surface area contributed by atoms with Crippen LogP contribution in [0.25, 0.3) is 0 Å². The molecule has 0 radical (unpaired) electrons. The van der Waals surface area contributed by atoms with Gasteiger partial charge in [-0.3, -0.25) is 0 Å². The van der Waals surface area contributed by atoms with Crippen molar-refractivity contribution < 1.29 is 0 Å². The van der Waals surface area contributed by atoms with E-state index in [-0.39, 0.29) is 5.41 Å². The van der Waals surface area contributed by atoms with Crippen LogP contribution in [0.5, 0.6) is 0 Å². The molecule has 0 aromatic rings. The molecule has 2 heteroatoms. The standard InChI is InChI=1S/C7H16NP/c1-6(8-5-9)7(2,3)4/h8H,1,5,9H2,2-4H3. The smallest absolute Gasteiger partial charge is 0.0287 e. The van der Waals surface area contributed by atoms with Crippen LogP contribution in [0, 0.1) is 5.41 Å². The third kappa shape index (κ3) is 3.53. The zero-order chi connectivity index (χ0) is 7.49. The molecular weight excluding hydrogens is 129 g/mol. The summed E-state index contributed by atoms with van der Waals surface area (Å²) in [5.41, 5.74) is 1.29. The molecule has 0 rings (SSSR count). The van der Waals surface area contributed by atoms with Gasteiger partial charge in [-0.1, -0.05) is 27.4 Å². The number of hydrogen-bond donors (Lipinski definition) is 1. The fraction of sp³-hybridized carbons (Fsp3) is 0.714. The lowest BCUT2D eigenvalue weighted by Gasteiger charge is -2.22. The van der Waals surface area contributed by atoms with Gasteiger partial charge in [0.2, 0.25) is 0 Å². The molecule has 0 aliphatic heterocycles. The van der Waals surface area contributed by atoms with Crippen molar-refractivity contribution in [3.05, 3.63) is 12.3 Å². The second kappa shape index (κ2) is 3.22. The third-order valence-corrected chi connectivity index (χ3v) is 1.42. The maximum absolute atomic E-state index is 3.89. The second-order valence-electron chi connectivity index (χ2n) is 3.11. The van der Waals surface area contributed by atoms with E-state index in [0.29, 0.717) is 0 Å². The average Bonchev–Trinajstić information content (AvgIpc) is 1.64. The minimum atomic E-state index is 0.191. The van der Waals surface area contributed by atoms with Crippen molar-refractivity contribution in [3.8, 4) is 0 Å². The van der Waals surface area contributed by atoms with E-state index in [0.717, 1.165) is 12.0 Å². The van der Waals surface area contributed by atoms with Gasteiger partial charge in [0.1, 0.15) is 0 Å². The highest BCUT2D eigenvalue weighted by Gasteiger charge is 2.12. The van der Waals surface area contributed by atoms with Gasteiger partial charge < -0.3 is 5.32 Å². The molecule has 0 saturated heterocycles. The highest BCUT2D eigenvalue weighted by atomic mass is 31.0. The maximum atomic E-state index is 3.89. The van der Waals surface area contributed by atoms with Gasteiger partial charge in [-0.25, -0.2) is 0 Å². The van der Waals surface area contributed by atoms with Crippen LogP contribution in [-0.4, -0.2) is 6.29 Å². The van der Waals surface area contributed by atoms with Crippen LogP contribution < -0.4 is 5.32 Å². The summed E-state index contributed by atoms with van der Waals surface area (Å²) in [5.74, 6) is 0. The summed E-state index contributed by atoms with van der Waals surface area (Å²) in [6.45, 7) is 10.3. The van der Waals surface area contributed by atoms with Crippen LogP contribution in [0.3, 0.4) is 0 Å². The van der Waals surface area contributed by atoms with Gasteiger partial charge >= 0.3 is 0 Å². The van der Waals surface area contributed by atoms with E-state index in [2.05, 4.69) is 41.9 Å². The van der Waals surface area contributed by atoms with E-state index < -0.39 is 0 Å². The highest BCUT2D eigenvalue weighted by Crippen LogP contribution is 2.20. The SMILES string of the molecule is C=C(NCP)C(C)(C)C. The fourth-order valence-corrected chi connectivity index (χ4v) is 0.635. The predicted molar refractivity (Wildman–Crippen MR) is 46.3 cm³/mol. The van der Waals surface area contributed by atoms with Crippen LogP contribution in [0.2, 0.25) is 0 Å². The Kier molecular flexibility index (Phi) is 3.21. The molecule has 1 atom stereocenters. The van der Waals surface area contributed by atoms with Crippen LogP contribution in [0.4, 0.5) is 0 Å². The largest absolute Gasteiger partial charge is 0.385 e. The first-order valence-electron chi connectivity index (χ1n) is 3.12. The zero-order valence-electron chi connectivity index (χ0n) is 6.49. The number of nitrogens with one attached hydrogen (secondary N) is 1. The zero-order valence-corrected chi connectivity index (χ0v) is 7.65. The van der Waals surface area contributed by atoms with E-state index in [4.69, 9.17) is 0 Å². The molecule has 0 spiro atoms. The summed E-state index contributed by atoms with van der Waals surface area (Å²) < 4.78 is 0. The topological polar surface area (TPSA) is 12.0 Å². The summed E-state index contributed by atoms with van der Waals surface area (Å²) in [5, 5.41) is 3.15. The van der Waals surface area contributed by atoms with Gasteiger partial charge in [0.25, 0.3) is 0 Å². The molecule has 0 bridgehead atoms. The van der Waals surface area contributed by atoms with Crippen LogP contribution in [0.1, 0.15) is 20.8 Å². The Morgan fingerprint density at radius 3 is 2.11 bits per heavy atom. The number of hydrogen-bond acceptors (Lipinski definition) is 1. The van der Waals surface area contributed by atoms with Crippen LogP contribution in [0.15, 0.2) is 12.3 Å². The Balaban J connectivity index is 3.74. The molecule has 0 aliphatic rings. The van der Waals surface area contributed by atoms with Crippen molar-refractivity contribution in [2.75, 3.05) is 6.29 Å². The average molecular weight is 145 g/mol. The van der Waals surface area contributed by atoms with Gasteiger partial charge in [-0.2, -0.15) is 0 Å². The number of allylic oxidation sites excluding steroid dienone is 1. The van der Waals surface area contributed by atoms with E-state index >= 15 is 0 Å². The van der Waals surface area contributed by atoms with Gasteiger partial charge in [0.05, 0.1) is 0 Å². The monoisotopic (exact) mass is 145 g/mol. The Labute approximate surface area is 60.1 Å². The van der Waals surface area contributed by atoms with E-state index in [1.54, 1.807) is 0 Å². The van der Waals surface area contributed by atoms with Crippen molar-refractivity contribution in [2.24, 2.45) is 5.41 Å². The second-order valence-corrected chi connectivity index (χ2v) is 3.52. The molecule has 0 aliphatic carbocycles. The molecule has 0 saturated carbocycles. The molecule has 0 aromatic carbocycles. The Morgan fingerprint density at radius 1 is 1.56 bits per heavy atom. The maximum Gasteiger partial charge on any atom is 0.0287 e. The summed E-state index contributed by atoms with van der Waals surface area (Å²) in [6, 6.07) is 0. The predicted octanol–water partition coefficient (Wildman–Crippen LogP) is 1.97. The van der Waals surface area contributed by atoms with Gasteiger partial charge in [-0.15, -0.1) is 9.24 Å². The van der Waals surface area contributed by atoms with Crippen LogP contribution >= 0.6 is 9.24 Å². The quantitative estimate of drug-likeness (QED) is 0.586. The molecule has 0 fully saturated rings. The minimum Gasteiger partial charge on any atom is -0.385 e. The van der Waals surface area contributed by atoms with Gasteiger partial charge in [0.15, 0.2) is 0 Å². The van der Waals surface area contributed by atoms with Crippen molar-refractivity contribution in [1.29, 1.82) is 0 Å². The summed E-state index contributed by atoms with van der Waals surface area (Å²) in [4.78, 5) is 0. The third-order valence-electron chi connectivity index (χ3n) is 1.22. The normalized spacial score (nSPS) is 11.1. The Hall–Kier alpha value is -0.0300. The minimum absolute atomic E-state index is 0.191. The lowest BCUT2D eigenvalue weighted by Crippen LogP contribution is -2.21. The van der Waals surface area contributed by atoms with E-state index in [9.17, 15) is 0 Å². The summed E-state index contributed by atoms with van der Waals surface area (Å²) in [6.07, 6.45) is 0.885. The first-order valence-corrected chi connectivity index (χ1v) is 3.93. The van der Waals surface area contributed by atoms with Gasteiger partial charge in [0, 0.05) is 17.4 Å².